The molecule has 1 saturated heterocycles. The van der Waals surface area contributed by atoms with Crippen LogP contribution < -0.4 is 5.32 Å². The van der Waals surface area contributed by atoms with Gasteiger partial charge in [0.05, 0.1) is 6.04 Å². The molecule has 3 heteroatoms. The molecule has 1 fully saturated rings. The number of anilines is 1. The number of para-hydroxylation sites is 1. The van der Waals surface area contributed by atoms with Crippen LogP contribution in [0.5, 0.6) is 0 Å². The molecule has 0 radical (unpaired) electrons. The minimum Gasteiger partial charge on any atom is -0.325 e. The number of hydrogen-bond acceptors (Lipinski definition) is 2. The van der Waals surface area contributed by atoms with E-state index in [-0.39, 0.29) is 11.9 Å². The van der Waals surface area contributed by atoms with E-state index in [9.17, 15) is 4.79 Å². The van der Waals surface area contributed by atoms with Gasteiger partial charge >= 0.3 is 0 Å². The van der Waals surface area contributed by atoms with E-state index in [1.54, 1.807) is 0 Å². The van der Waals surface area contributed by atoms with Crippen LogP contribution in [-0.4, -0.2) is 29.9 Å². The van der Waals surface area contributed by atoms with E-state index in [0.717, 1.165) is 25.2 Å². The van der Waals surface area contributed by atoms with Gasteiger partial charge < -0.3 is 5.32 Å². The summed E-state index contributed by atoms with van der Waals surface area (Å²) in [4.78, 5) is 14.7. The molecule has 1 aliphatic heterocycles. The highest BCUT2D eigenvalue weighted by Gasteiger charge is 2.30. The lowest BCUT2D eigenvalue weighted by atomic mass is 9.99. The van der Waals surface area contributed by atoms with Crippen molar-refractivity contribution in [2.45, 2.75) is 25.3 Å². The molecule has 0 bridgehead atoms. The molecule has 1 amide bonds. The largest absolute Gasteiger partial charge is 0.325 e. The third-order valence-electron chi connectivity index (χ3n) is 4.46. The van der Waals surface area contributed by atoms with Crippen LogP contribution in [-0.2, 0) is 4.79 Å². The standard InChI is InChI=1S/C19H22N2O/c1-15(19(22)20-18-10-6-3-7-11-18)21-13-12-17(14-21)16-8-4-2-5-9-16/h2-11,15,17H,12-14H2,1H3,(H,20,22)/t15-,17+/m1/s1. The Hall–Kier alpha value is -2.13. The van der Waals surface area contributed by atoms with E-state index in [0.29, 0.717) is 5.92 Å². The molecule has 2 aromatic carbocycles. The maximum atomic E-state index is 12.4. The number of carbonyl (C=O) groups is 1. The van der Waals surface area contributed by atoms with Crippen LogP contribution in [0.15, 0.2) is 60.7 Å². The molecule has 0 saturated carbocycles. The summed E-state index contributed by atoms with van der Waals surface area (Å²) in [7, 11) is 0. The highest BCUT2D eigenvalue weighted by molar-refractivity contribution is 5.94. The number of nitrogens with zero attached hydrogens (tertiary/aromatic N) is 1. The lowest BCUT2D eigenvalue weighted by Crippen LogP contribution is -2.40. The molecule has 3 nitrogen and oxygen atoms in total. The Labute approximate surface area is 132 Å². The van der Waals surface area contributed by atoms with Gasteiger partial charge in [0, 0.05) is 12.2 Å². The number of rotatable bonds is 4. The highest BCUT2D eigenvalue weighted by atomic mass is 16.2. The fraction of sp³-hybridized carbons (Fsp3) is 0.316. The van der Waals surface area contributed by atoms with Crippen molar-refractivity contribution in [1.29, 1.82) is 0 Å². The molecule has 0 aromatic heterocycles. The van der Waals surface area contributed by atoms with Crippen molar-refractivity contribution in [1.82, 2.24) is 4.90 Å². The van der Waals surface area contributed by atoms with E-state index in [1.165, 1.54) is 5.56 Å². The zero-order valence-electron chi connectivity index (χ0n) is 12.9. The Morgan fingerprint density at radius 3 is 2.41 bits per heavy atom. The molecule has 3 rings (SSSR count). The molecule has 2 atom stereocenters. The van der Waals surface area contributed by atoms with E-state index in [1.807, 2.05) is 43.3 Å². The van der Waals surface area contributed by atoms with Crippen LogP contribution in [0.4, 0.5) is 5.69 Å². The smallest absolute Gasteiger partial charge is 0.241 e. The summed E-state index contributed by atoms with van der Waals surface area (Å²) in [6.45, 7) is 3.92. The van der Waals surface area contributed by atoms with Crippen molar-refractivity contribution in [3.63, 3.8) is 0 Å². The van der Waals surface area contributed by atoms with Gasteiger partial charge in [0.15, 0.2) is 0 Å². The van der Waals surface area contributed by atoms with Gasteiger partial charge in [0.25, 0.3) is 0 Å². The third-order valence-corrected chi connectivity index (χ3v) is 4.46. The predicted octanol–water partition coefficient (Wildman–Crippen LogP) is 3.50. The summed E-state index contributed by atoms with van der Waals surface area (Å²) in [5.41, 5.74) is 2.24. The van der Waals surface area contributed by atoms with Gasteiger partial charge in [-0.1, -0.05) is 48.5 Å². The molecule has 1 N–H and O–H groups in total. The Balaban J connectivity index is 1.59. The second-order valence-corrected chi connectivity index (χ2v) is 5.92. The van der Waals surface area contributed by atoms with Gasteiger partial charge in [0.1, 0.15) is 0 Å². The summed E-state index contributed by atoms with van der Waals surface area (Å²) in [5.74, 6) is 0.605. The molecular formula is C19H22N2O. The molecule has 1 aliphatic rings. The average Bonchev–Trinajstić information content (AvgIpc) is 3.06. The zero-order chi connectivity index (χ0) is 15.4. The van der Waals surface area contributed by atoms with E-state index in [4.69, 9.17) is 0 Å². The fourth-order valence-corrected chi connectivity index (χ4v) is 3.07. The van der Waals surface area contributed by atoms with Crippen LogP contribution in [0.25, 0.3) is 0 Å². The number of benzene rings is 2. The van der Waals surface area contributed by atoms with E-state index >= 15 is 0 Å². The van der Waals surface area contributed by atoms with Crippen LogP contribution in [0.1, 0.15) is 24.8 Å². The summed E-state index contributed by atoms with van der Waals surface area (Å²) in [6, 6.07) is 20.1. The van der Waals surface area contributed by atoms with Crippen molar-refractivity contribution in [3.8, 4) is 0 Å². The second-order valence-electron chi connectivity index (χ2n) is 5.92. The van der Waals surface area contributed by atoms with Gasteiger partial charge in [-0.25, -0.2) is 0 Å². The maximum absolute atomic E-state index is 12.4. The SMILES string of the molecule is C[C@H](C(=O)Nc1ccccc1)N1CC[C@H](c2ccccc2)C1. The summed E-state index contributed by atoms with van der Waals surface area (Å²) in [5, 5.41) is 2.99. The lowest BCUT2D eigenvalue weighted by Gasteiger charge is -2.23. The fourth-order valence-electron chi connectivity index (χ4n) is 3.07. The van der Waals surface area contributed by atoms with Crippen molar-refractivity contribution in [2.24, 2.45) is 0 Å². The normalized spacial score (nSPS) is 19.8. The monoisotopic (exact) mass is 294 g/mol. The number of nitrogens with one attached hydrogen (secondary N) is 1. The summed E-state index contributed by atoms with van der Waals surface area (Å²) >= 11 is 0. The predicted molar refractivity (Wildman–Crippen MR) is 89.9 cm³/mol. The van der Waals surface area contributed by atoms with E-state index in [2.05, 4.69) is 34.5 Å². The van der Waals surface area contributed by atoms with E-state index < -0.39 is 0 Å². The van der Waals surface area contributed by atoms with Crippen molar-refractivity contribution >= 4 is 11.6 Å². The van der Waals surface area contributed by atoms with Gasteiger partial charge in [-0.2, -0.15) is 0 Å². The Bertz CT molecular complexity index is 612. The Kier molecular flexibility index (Phi) is 4.54. The topological polar surface area (TPSA) is 32.3 Å². The lowest BCUT2D eigenvalue weighted by molar-refractivity contribution is -0.120. The van der Waals surface area contributed by atoms with Crippen molar-refractivity contribution in [3.05, 3.63) is 66.2 Å². The first-order valence-electron chi connectivity index (χ1n) is 7.89. The number of amides is 1. The van der Waals surface area contributed by atoms with Crippen molar-refractivity contribution < 1.29 is 4.79 Å². The van der Waals surface area contributed by atoms with Gasteiger partial charge in [-0.15, -0.1) is 0 Å². The summed E-state index contributed by atoms with van der Waals surface area (Å²) in [6.07, 6.45) is 1.12. The zero-order valence-corrected chi connectivity index (χ0v) is 12.9. The molecule has 1 heterocycles. The summed E-state index contributed by atoms with van der Waals surface area (Å²) < 4.78 is 0. The third kappa shape index (κ3) is 3.37. The quantitative estimate of drug-likeness (QED) is 0.936. The molecule has 114 valence electrons. The molecule has 0 spiro atoms. The van der Waals surface area contributed by atoms with Gasteiger partial charge in [-0.05, 0) is 43.5 Å². The minimum absolute atomic E-state index is 0.0694. The minimum atomic E-state index is -0.103. The van der Waals surface area contributed by atoms with Crippen molar-refractivity contribution in [2.75, 3.05) is 18.4 Å². The first-order chi connectivity index (χ1) is 10.7. The van der Waals surface area contributed by atoms with Crippen LogP contribution in [0.2, 0.25) is 0 Å². The highest BCUT2D eigenvalue weighted by Crippen LogP contribution is 2.28. The molecular weight excluding hydrogens is 272 g/mol. The molecule has 0 aliphatic carbocycles. The van der Waals surface area contributed by atoms with Crippen LogP contribution >= 0.6 is 0 Å². The number of carbonyl (C=O) groups excluding carboxylic acids is 1. The molecule has 22 heavy (non-hydrogen) atoms. The second kappa shape index (κ2) is 6.75. The Morgan fingerprint density at radius 2 is 1.73 bits per heavy atom. The molecule has 2 aromatic rings. The number of likely N-dealkylation sites (tertiary alicyclic amines) is 1. The van der Waals surface area contributed by atoms with Gasteiger partial charge in [0.2, 0.25) is 5.91 Å². The Morgan fingerprint density at radius 1 is 1.09 bits per heavy atom. The van der Waals surface area contributed by atoms with Gasteiger partial charge in [-0.3, -0.25) is 9.69 Å². The average molecular weight is 294 g/mol. The first kappa shape index (κ1) is 14.8. The van der Waals surface area contributed by atoms with Crippen LogP contribution in [0.3, 0.4) is 0 Å². The molecule has 0 unspecified atom stereocenters. The van der Waals surface area contributed by atoms with Crippen LogP contribution in [0, 0.1) is 0 Å². The maximum Gasteiger partial charge on any atom is 0.241 e. The number of hydrogen-bond donors (Lipinski definition) is 1. The first-order valence-corrected chi connectivity index (χ1v) is 7.89.